The Balaban J connectivity index is 1.74. The van der Waals surface area contributed by atoms with Gasteiger partial charge in [-0.1, -0.05) is 13.3 Å². The third-order valence-corrected chi connectivity index (χ3v) is 5.04. The number of hydrogen-bond acceptors (Lipinski definition) is 4. The number of thiophene rings is 1. The summed E-state index contributed by atoms with van der Waals surface area (Å²) >= 11 is 1.60. The summed E-state index contributed by atoms with van der Waals surface area (Å²) in [6.07, 6.45) is 4.67. The number of anilines is 1. The monoisotopic (exact) mass is 290 g/mol. The van der Waals surface area contributed by atoms with Crippen molar-refractivity contribution in [2.45, 2.75) is 39.5 Å². The SMILES string of the molecule is CCC1CCc2sc(C(=O)Nc3n[nH]c(C)n3)cc2C1. The van der Waals surface area contributed by atoms with Gasteiger partial charge in [0, 0.05) is 4.88 Å². The topological polar surface area (TPSA) is 70.7 Å². The summed E-state index contributed by atoms with van der Waals surface area (Å²) in [5, 5.41) is 9.37. The van der Waals surface area contributed by atoms with Gasteiger partial charge in [-0.2, -0.15) is 4.98 Å². The van der Waals surface area contributed by atoms with E-state index >= 15 is 0 Å². The zero-order valence-electron chi connectivity index (χ0n) is 11.7. The average Bonchev–Trinajstić information content (AvgIpc) is 3.03. The molecule has 0 aliphatic heterocycles. The zero-order chi connectivity index (χ0) is 14.1. The van der Waals surface area contributed by atoms with Crippen LogP contribution in [0.4, 0.5) is 5.95 Å². The van der Waals surface area contributed by atoms with Crippen LogP contribution < -0.4 is 5.32 Å². The van der Waals surface area contributed by atoms with E-state index in [1.54, 1.807) is 18.3 Å². The van der Waals surface area contributed by atoms with Crippen molar-refractivity contribution < 1.29 is 4.79 Å². The Hall–Kier alpha value is -1.69. The number of H-pyrrole nitrogens is 1. The van der Waals surface area contributed by atoms with Crippen LogP contribution >= 0.6 is 11.3 Å². The Morgan fingerprint density at radius 1 is 1.60 bits per heavy atom. The van der Waals surface area contributed by atoms with Crippen LogP contribution in [-0.2, 0) is 12.8 Å². The highest BCUT2D eigenvalue weighted by Gasteiger charge is 2.22. The summed E-state index contributed by atoms with van der Waals surface area (Å²) in [6, 6.07) is 2.04. The van der Waals surface area contributed by atoms with Gasteiger partial charge in [0.05, 0.1) is 4.88 Å². The van der Waals surface area contributed by atoms with E-state index < -0.39 is 0 Å². The van der Waals surface area contributed by atoms with Gasteiger partial charge in [-0.3, -0.25) is 15.2 Å². The van der Waals surface area contributed by atoms with Crippen LogP contribution in [0.25, 0.3) is 0 Å². The van der Waals surface area contributed by atoms with Gasteiger partial charge < -0.3 is 0 Å². The highest BCUT2D eigenvalue weighted by atomic mass is 32.1. The quantitative estimate of drug-likeness (QED) is 0.913. The van der Waals surface area contributed by atoms with Gasteiger partial charge in [0.1, 0.15) is 5.82 Å². The van der Waals surface area contributed by atoms with Crippen molar-refractivity contribution >= 4 is 23.2 Å². The van der Waals surface area contributed by atoms with Gasteiger partial charge in [-0.25, -0.2) is 0 Å². The van der Waals surface area contributed by atoms with E-state index in [9.17, 15) is 4.79 Å². The van der Waals surface area contributed by atoms with Crippen molar-refractivity contribution in [2.75, 3.05) is 5.32 Å². The number of nitrogens with one attached hydrogen (secondary N) is 2. The fraction of sp³-hybridized carbons (Fsp3) is 0.500. The summed E-state index contributed by atoms with van der Waals surface area (Å²) < 4.78 is 0. The predicted octanol–water partition coefficient (Wildman–Crippen LogP) is 2.94. The number of rotatable bonds is 3. The van der Waals surface area contributed by atoms with Gasteiger partial charge in [-0.15, -0.1) is 16.4 Å². The van der Waals surface area contributed by atoms with Crippen LogP contribution in [0.2, 0.25) is 0 Å². The lowest BCUT2D eigenvalue weighted by atomic mass is 9.87. The molecule has 0 spiro atoms. The molecule has 2 heterocycles. The molecule has 5 nitrogen and oxygen atoms in total. The van der Waals surface area contributed by atoms with Crippen LogP contribution in [-0.4, -0.2) is 21.1 Å². The first kappa shape index (κ1) is 13.3. The first-order chi connectivity index (χ1) is 9.65. The van der Waals surface area contributed by atoms with E-state index in [0.29, 0.717) is 11.8 Å². The number of aromatic nitrogens is 3. The Morgan fingerprint density at radius 2 is 2.45 bits per heavy atom. The van der Waals surface area contributed by atoms with Crippen LogP contribution in [0, 0.1) is 12.8 Å². The lowest BCUT2D eigenvalue weighted by Crippen LogP contribution is -2.11. The summed E-state index contributed by atoms with van der Waals surface area (Å²) in [5.74, 6) is 1.68. The average molecular weight is 290 g/mol. The molecule has 3 rings (SSSR count). The fourth-order valence-electron chi connectivity index (χ4n) is 2.62. The number of carbonyl (C=O) groups excluding carboxylic acids is 1. The van der Waals surface area contributed by atoms with Crippen molar-refractivity contribution in [3.05, 3.63) is 27.2 Å². The summed E-state index contributed by atoms with van der Waals surface area (Å²) in [5.41, 5.74) is 1.35. The molecule has 2 aromatic heterocycles. The fourth-order valence-corrected chi connectivity index (χ4v) is 3.72. The largest absolute Gasteiger partial charge is 0.288 e. The van der Waals surface area contributed by atoms with Crippen LogP contribution in [0.3, 0.4) is 0 Å². The molecule has 6 heteroatoms. The van der Waals surface area contributed by atoms with Gasteiger partial charge in [-0.05, 0) is 43.7 Å². The number of aromatic amines is 1. The van der Waals surface area contributed by atoms with Gasteiger partial charge in [0.2, 0.25) is 5.95 Å². The minimum absolute atomic E-state index is 0.114. The zero-order valence-corrected chi connectivity index (χ0v) is 12.5. The van der Waals surface area contributed by atoms with E-state index in [-0.39, 0.29) is 5.91 Å². The Bertz CT molecular complexity index is 631. The maximum absolute atomic E-state index is 12.2. The molecule has 20 heavy (non-hydrogen) atoms. The second-order valence-electron chi connectivity index (χ2n) is 5.27. The van der Waals surface area contributed by atoms with Crippen LogP contribution in [0.5, 0.6) is 0 Å². The number of aryl methyl sites for hydroxylation is 2. The molecule has 0 bridgehead atoms. The molecule has 1 atom stereocenters. The van der Waals surface area contributed by atoms with E-state index in [1.807, 2.05) is 6.07 Å². The molecule has 0 fully saturated rings. The molecule has 2 aromatic rings. The van der Waals surface area contributed by atoms with Crippen molar-refractivity contribution in [3.63, 3.8) is 0 Å². The number of carbonyl (C=O) groups is 1. The van der Waals surface area contributed by atoms with Gasteiger partial charge >= 0.3 is 0 Å². The van der Waals surface area contributed by atoms with Crippen molar-refractivity contribution in [1.82, 2.24) is 15.2 Å². The highest BCUT2D eigenvalue weighted by molar-refractivity contribution is 7.14. The lowest BCUT2D eigenvalue weighted by molar-refractivity contribution is 0.102. The molecular weight excluding hydrogens is 272 g/mol. The van der Waals surface area contributed by atoms with E-state index in [1.165, 1.54) is 23.3 Å². The normalized spacial score (nSPS) is 17.8. The second kappa shape index (κ2) is 5.36. The molecule has 1 unspecified atom stereocenters. The Kier molecular flexibility index (Phi) is 3.56. The van der Waals surface area contributed by atoms with Crippen molar-refractivity contribution in [2.24, 2.45) is 5.92 Å². The summed E-state index contributed by atoms with van der Waals surface area (Å²) in [7, 11) is 0. The molecule has 1 aliphatic rings. The first-order valence-corrected chi connectivity index (χ1v) is 7.79. The molecule has 0 saturated heterocycles. The molecule has 0 saturated carbocycles. The minimum atomic E-state index is -0.114. The number of amides is 1. The third kappa shape index (κ3) is 2.60. The summed E-state index contributed by atoms with van der Waals surface area (Å²) in [4.78, 5) is 18.4. The van der Waals surface area contributed by atoms with Crippen molar-refractivity contribution in [1.29, 1.82) is 0 Å². The van der Waals surface area contributed by atoms with Crippen LogP contribution in [0.1, 0.15) is 45.7 Å². The first-order valence-electron chi connectivity index (χ1n) is 6.97. The maximum atomic E-state index is 12.2. The molecular formula is C14H18N4OS. The van der Waals surface area contributed by atoms with E-state index in [0.717, 1.165) is 23.6 Å². The smallest absolute Gasteiger partial charge is 0.268 e. The number of nitrogens with zero attached hydrogens (tertiary/aromatic N) is 2. The second-order valence-corrected chi connectivity index (χ2v) is 6.41. The molecule has 0 aromatic carbocycles. The standard InChI is InChI=1S/C14H18N4OS/c1-3-9-4-5-11-10(6-9)7-12(20-11)13(19)16-14-15-8(2)17-18-14/h7,9H,3-6H2,1-2H3,(H2,15,16,17,18,19). The Labute approximate surface area is 121 Å². The Morgan fingerprint density at radius 3 is 3.15 bits per heavy atom. The van der Waals surface area contributed by atoms with Gasteiger partial charge in [0.25, 0.3) is 5.91 Å². The van der Waals surface area contributed by atoms with Crippen LogP contribution in [0.15, 0.2) is 6.07 Å². The predicted molar refractivity (Wildman–Crippen MR) is 79.2 cm³/mol. The van der Waals surface area contributed by atoms with Gasteiger partial charge in [0.15, 0.2) is 0 Å². The molecule has 2 N–H and O–H groups in total. The third-order valence-electron chi connectivity index (χ3n) is 3.81. The molecule has 1 amide bonds. The minimum Gasteiger partial charge on any atom is -0.288 e. The molecule has 1 aliphatic carbocycles. The number of hydrogen-bond donors (Lipinski definition) is 2. The molecule has 0 radical (unpaired) electrons. The maximum Gasteiger partial charge on any atom is 0.268 e. The van der Waals surface area contributed by atoms with E-state index in [4.69, 9.17) is 0 Å². The number of fused-ring (bicyclic) bond motifs is 1. The summed E-state index contributed by atoms with van der Waals surface area (Å²) in [6.45, 7) is 4.04. The van der Waals surface area contributed by atoms with Crippen molar-refractivity contribution in [3.8, 4) is 0 Å². The molecule has 106 valence electrons. The van der Waals surface area contributed by atoms with E-state index in [2.05, 4.69) is 27.4 Å². The lowest BCUT2D eigenvalue weighted by Gasteiger charge is -2.19. The highest BCUT2D eigenvalue weighted by Crippen LogP contribution is 2.33.